The number of carboxylic acid groups (broad SMARTS) is 2. The van der Waals surface area contributed by atoms with Crippen molar-refractivity contribution in [1.29, 1.82) is 0 Å². The molecule has 0 unspecified atom stereocenters. The molecule has 1 fully saturated rings. The van der Waals surface area contributed by atoms with Crippen LogP contribution in [-0.4, -0.2) is 39.9 Å². The normalized spacial score (nSPS) is 13.9. The van der Waals surface area contributed by atoms with E-state index in [4.69, 9.17) is 21.1 Å². The van der Waals surface area contributed by atoms with Gasteiger partial charge in [0.15, 0.2) is 0 Å². The van der Waals surface area contributed by atoms with E-state index in [0.29, 0.717) is 46.0 Å². The van der Waals surface area contributed by atoms with Crippen molar-refractivity contribution in [2.24, 2.45) is 5.41 Å². The summed E-state index contributed by atoms with van der Waals surface area (Å²) < 4.78 is 54.8. The van der Waals surface area contributed by atoms with E-state index in [1.54, 1.807) is 47.9 Å². The molecule has 0 atom stereocenters. The molecule has 1 aromatic heterocycles. The minimum atomic E-state index is -1.07. The average molecular weight is 654 g/mol. The third kappa shape index (κ3) is 7.56. The van der Waals surface area contributed by atoms with Gasteiger partial charge in [-0.25, -0.2) is 13.2 Å². The van der Waals surface area contributed by atoms with E-state index in [9.17, 15) is 28.6 Å². The molecule has 2 N–H and O–H groups in total. The summed E-state index contributed by atoms with van der Waals surface area (Å²) in [6, 6.07) is 11.8. The first-order valence-corrected chi connectivity index (χ1v) is 14.9. The molecular formula is C35H31ClF3NO6. The third-order valence-electron chi connectivity index (χ3n) is 8.04. The molecule has 11 heteroatoms. The maximum absolute atomic E-state index is 15.4. The molecule has 240 valence electrons. The van der Waals surface area contributed by atoms with Gasteiger partial charge in [0.25, 0.3) is 0 Å². The van der Waals surface area contributed by atoms with Crippen LogP contribution in [0, 0.1) is 29.8 Å². The highest BCUT2D eigenvalue weighted by atomic mass is 35.5. The van der Waals surface area contributed by atoms with Gasteiger partial charge in [0, 0.05) is 23.2 Å². The Morgan fingerprint density at radius 3 is 2.28 bits per heavy atom. The highest BCUT2D eigenvalue weighted by Gasteiger charge is 2.45. The molecule has 4 aromatic rings. The van der Waals surface area contributed by atoms with Gasteiger partial charge < -0.3 is 24.3 Å². The van der Waals surface area contributed by atoms with Gasteiger partial charge in [-0.1, -0.05) is 35.9 Å². The third-order valence-corrected chi connectivity index (χ3v) is 8.41. The fraction of sp³-hybridized carbons (Fsp3) is 0.257. The quantitative estimate of drug-likeness (QED) is 0.0811. The number of aromatic nitrogens is 1. The largest absolute Gasteiger partial charge is 0.490 e. The van der Waals surface area contributed by atoms with Gasteiger partial charge in [-0.05, 0) is 84.7 Å². The number of benzene rings is 3. The van der Waals surface area contributed by atoms with Crippen LogP contribution in [0.1, 0.15) is 41.6 Å². The Morgan fingerprint density at radius 1 is 0.935 bits per heavy atom. The van der Waals surface area contributed by atoms with E-state index >= 15 is 4.39 Å². The van der Waals surface area contributed by atoms with Gasteiger partial charge in [-0.2, -0.15) is 0 Å². The highest BCUT2D eigenvalue weighted by molar-refractivity contribution is 6.32. The van der Waals surface area contributed by atoms with Crippen LogP contribution in [0.3, 0.4) is 0 Å². The van der Waals surface area contributed by atoms with Crippen molar-refractivity contribution in [2.45, 2.75) is 39.2 Å². The predicted molar refractivity (Wildman–Crippen MR) is 169 cm³/mol. The lowest BCUT2D eigenvalue weighted by Crippen LogP contribution is -2.13. The summed E-state index contributed by atoms with van der Waals surface area (Å²) in [5.74, 6) is -3.64. The summed E-state index contributed by atoms with van der Waals surface area (Å²) in [5, 5.41) is 19.1. The lowest BCUT2D eigenvalue weighted by molar-refractivity contribution is -0.139. The van der Waals surface area contributed by atoms with Crippen LogP contribution in [0.2, 0.25) is 5.02 Å². The number of fused-ring (bicyclic) bond motifs is 1. The van der Waals surface area contributed by atoms with Crippen LogP contribution in [-0.2, 0) is 22.6 Å². The first kappa shape index (κ1) is 32.7. The van der Waals surface area contributed by atoms with Crippen molar-refractivity contribution in [3.05, 3.63) is 106 Å². The number of hydrogen-bond donors (Lipinski definition) is 2. The molecule has 1 heterocycles. The van der Waals surface area contributed by atoms with Gasteiger partial charge in [0.05, 0.1) is 11.9 Å². The average Bonchev–Trinajstić information content (AvgIpc) is 3.70. The molecule has 46 heavy (non-hydrogen) atoms. The number of carboxylic acids is 2. The molecule has 3 aromatic carbocycles. The molecule has 0 saturated heterocycles. The molecule has 0 radical (unpaired) electrons. The summed E-state index contributed by atoms with van der Waals surface area (Å²) in [5.41, 5.74) is 2.73. The van der Waals surface area contributed by atoms with Gasteiger partial charge in [0.1, 0.15) is 53.7 Å². The number of ether oxygens (including phenoxy) is 2. The number of rotatable bonds is 14. The molecule has 0 bridgehead atoms. The zero-order valence-electron chi connectivity index (χ0n) is 24.9. The Morgan fingerprint density at radius 2 is 1.63 bits per heavy atom. The van der Waals surface area contributed by atoms with E-state index in [1.807, 2.05) is 18.2 Å². The lowest BCUT2D eigenvalue weighted by Gasteiger charge is -2.13. The lowest BCUT2D eigenvalue weighted by atomic mass is 9.91. The fourth-order valence-electron chi connectivity index (χ4n) is 5.56. The number of halogens is 4. The maximum Gasteiger partial charge on any atom is 0.323 e. The van der Waals surface area contributed by atoms with E-state index in [2.05, 4.69) is 0 Å². The van der Waals surface area contributed by atoms with Gasteiger partial charge in [-0.15, -0.1) is 0 Å². The second kappa shape index (κ2) is 13.7. The van der Waals surface area contributed by atoms with E-state index in [0.717, 1.165) is 24.5 Å². The van der Waals surface area contributed by atoms with Crippen LogP contribution in [0.15, 0.2) is 60.7 Å². The smallest absolute Gasteiger partial charge is 0.323 e. The second-order valence-corrected chi connectivity index (χ2v) is 11.7. The van der Waals surface area contributed by atoms with E-state index in [1.165, 1.54) is 6.07 Å². The molecule has 0 spiro atoms. The Hall–Kier alpha value is -4.70. The first-order chi connectivity index (χ1) is 22.0. The fourth-order valence-corrected chi connectivity index (χ4v) is 5.72. The van der Waals surface area contributed by atoms with Crippen LogP contribution < -0.4 is 9.47 Å². The van der Waals surface area contributed by atoms with Crippen molar-refractivity contribution in [3.63, 3.8) is 0 Å². The number of nitrogens with zero attached hydrogens (tertiary/aromatic N) is 1. The standard InChI is InChI=1S/C35H31ClF3NO6/c1-21-26(18-35(12-13-35)19-30(41)42)32-27(38)11-8-23(34(32)40(21)20-31(43)44)7-4-22-5-9-25(10-6-22)45-14-2-3-15-46-29-17-24(37)16-28(39)33(29)36/h2-11,16-17H,12-15,18-20H2,1H3,(H,41,42)(H,43,44). The van der Waals surface area contributed by atoms with Crippen LogP contribution >= 0.6 is 11.6 Å². The molecule has 1 aliphatic rings. The molecule has 1 aliphatic carbocycles. The van der Waals surface area contributed by atoms with Crippen molar-refractivity contribution in [3.8, 4) is 11.5 Å². The monoisotopic (exact) mass is 653 g/mol. The van der Waals surface area contributed by atoms with Crippen molar-refractivity contribution < 1.29 is 42.4 Å². The Labute approximate surface area is 268 Å². The number of hydrogen-bond acceptors (Lipinski definition) is 4. The van der Waals surface area contributed by atoms with Gasteiger partial charge in [-0.3, -0.25) is 9.59 Å². The highest BCUT2D eigenvalue weighted by Crippen LogP contribution is 2.53. The summed E-state index contributed by atoms with van der Waals surface area (Å²) in [6.45, 7) is 1.65. The molecule has 5 rings (SSSR count). The SMILES string of the molecule is Cc1c(CC2(CC(=O)O)CC2)c2c(F)ccc(C=Cc3ccc(OCC=CCOc4cc(F)cc(F)c4Cl)cc3)c2n1CC(=O)O. The molecule has 7 nitrogen and oxygen atoms in total. The Kier molecular flexibility index (Phi) is 9.76. The maximum atomic E-state index is 15.4. The summed E-state index contributed by atoms with van der Waals surface area (Å²) in [4.78, 5) is 23.2. The molecule has 0 amide bonds. The van der Waals surface area contributed by atoms with E-state index < -0.39 is 34.8 Å². The molecule has 1 saturated carbocycles. The van der Waals surface area contributed by atoms with Crippen LogP contribution in [0.25, 0.3) is 23.1 Å². The zero-order chi connectivity index (χ0) is 33.0. The Balaban J connectivity index is 1.28. The predicted octanol–water partition coefficient (Wildman–Crippen LogP) is 8.09. The van der Waals surface area contributed by atoms with Gasteiger partial charge in [0.2, 0.25) is 0 Å². The number of carbonyl (C=O) groups is 2. The molecule has 0 aliphatic heterocycles. The van der Waals surface area contributed by atoms with Crippen molar-refractivity contribution in [1.82, 2.24) is 4.57 Å². The zero-order valence-corrected chi connectivity index (χ0v) is 25.6. The van der Waals surface area contributed by atoms with Crippen molar-refractivity contribution >= 4 is 46.6 Å². The van der Waals surface area contributed by atoms with Crippen LogP contribution in [0.4, 0.5) is 13.2 Å². The second-order valence-electron chi connectivity index (χ2n) is 11.3. The van der Waals surface area contributed by atoms with Crippen molar-refractivity contribution in [2.75, 3.05) is 13.2 Å². The minimum Gasteiger partial charge on any atom is -0.490 e. The first-order valence-electron chi connectivity index (χ1n) is 14.5. The van der Waals surface area contributed by atoms with E-state index in [-0.39, 0.29) is 37.0 Å². The van der Waals surface area contributed by atoms with Gasteiger partial charge >= 0.3 is 11.9 Å². The molecular weight excluding hydrogens is 623 g/mol. The summed E-state index contributed by atoms with van der Waals surface area (Å²) >= 11 is 5.78. The van der Waals surface area contributed by atoms with Crippen LogP contribution in [0.5, 0.6) is 11.5 Å². The topological polar surface area (TPSA) is 98.0 Å². The Bertz CT molecular complexity index is 1840. The number of aliphatic carboxylic acids is 2. The summed E-state index contributed by atoms with van der Waals surface area (Å²) in [7, 11) is 0. The minimum absolute atomic E-state index is 0.0160. The summed E-state index contributed by atoms with van der Waals surface area (Å²) in [6.07, 6.45) is 8.74.